The van der Waals surface area contributed by atoms with Crippen molar-refractivity contribution in [2.45, 2.75) is 71.1 Å². The topological polar surface area (TPSA) is 40.1 Å². The summed E-state index contributed by atoms with van der Waals surface area (Å²) in [6.45, 7) is 2.15. The van der Waals surface area contributed by atoms with Crippen LogP contribution < -0.4 is 34.7 Å². The van der Waals surface area contributed by atoms with E-state index in [1.807, 2.05) is 0 Å². The molecule has 0 amide bonds. The molecule has 0 aliphatic heterocycles. The monoisotopic (exact) mass is 300 g/mol. The van der Waals surface area contributed by atoms with Gasteiger partial charge in [-0.25, -0.2) is 0 Å². The van der Waals surface area contributed by atoms with Gasteiger partial charge in [0, 0.05) is 5.97 Å². The fraction of sp³-hybridized carbons (Fsp3) is 0.611. The van der Waals surface area contributed by atoms with Gasteiger partial charge in [0.1, 0.15) is 0 Å². The fourth-order valence-corrected chi connectivity index (χ4v) is 1.89. The molecule has 0 bridgehead atoms. The van der Waals surface area contributed by atoms with Gasteiger partial charge in [0.25, 0.3) is 0 Å². The molecule has 0 N–H and O–H groups in total. The number of carboxylic acid groups (broad SMARTS) is 1. The maximum absolute atomic E-state index is 10.2. The number of hydrogen-bond acceptors (Lipinski definition) is 2. The Morgan fingerprint density at radius 3 is 1.95 bits per heavy atom. The van der Waals surface area contributed by atoms with E-state index in [0.717, 1.165) is 44.9 Å². The van der Waals surface area contributed by atoms with Crippen molar-refractivity contribution in [2.24, 2.45) is 0 Å². The zero-order valence-electron chi connectivity index (χ0n) is 13.9. The van der Waals surface area contributed by atoms with E-state index in [4.69, 9.17) is 0 Å². The van der Waals surface area contributed by atoms with Crippen LogP contribution >= 0.6 is 0 Å². The van der Waals surface area contributed by atoms with Crippen LogP contribution in [-0.2, 0) is 4.79 Å². The van der Waals surface area contributed by atoms with Gasteiger partial charge in [-0.15, -0.1) is 0 Å². The van der Waals surface area contributed by atoms with E-state index in [0.29, 0.717) is 0 Å². The van der Waals surface area contributed by atoms with Crippen molar-refractivity contribution < 1.29 is 39.5 Å². The number of allylic oxidation sites excluding steroid dienone is 6. The van der Waals surface area contributed by atoms with Gasteiger partial charge in [-0.3, -0.25) is 0 Å². The molecule has 0 aromatic heterocycles. The first kappa shape index (κ1) is 23.0. The molecule has 21 heavy (non-hydrogen) atoms. The number of aliphatic carboxylic acids is 1. The Morgan fingerprint density at radius 1 is 0.810 bits per heavy atom. The number of rotatable bonds is 13. The molecule has 0 radical (unpaired) electrons. The van der Waals surface area contributed by atoms with Crippen LogP contribution in [0.25, 0.3) is 0 Å². The van der Waals surface area contributed by atoms with Crippen LogP contribution in [0.4, 0.5) is 0 Å². The zero-order valence-corrected chi connectivity index (χ0v) is 15.9. The maximum Gasteiger partial charge on any atom is 1.00 e. The molecular weight excluding hydrogens is 271 g/mol. The Morgan fingerprint density at radius 2 is 1.33 bits per heavy atom. The van der Waals surface area contributed by atoms with Crippen LogP contribution in [0.3, 0.4) is 0 Å². The van der Waals surface area contributed by atoms with E-state index < -0.39 is 5.97 Å². The third-order valence-corrected chi connectivity index (χ3v) is 3.03. The van der Waals surface area contributed by atoms with Crippen molar-refractivity contribution in [3.63, 3.8) is 0 Å². The van der Waals surface area contributed by atoms with Crippen molar-refractivity contribution >= 4 is 5.97 Å². The van der Waals surface area contributed by atoms with Crippen molar-refractivity contribution in [3.8, 4) is 0 Å². The second kappa shape index (κ2) is 19.7. The van der Waals surface area contributed by atoms with Crippen molar-refractivity contribution in [3.05, 3.63) is 36.5 Å². The summed E-state index contributed by atoms with van der Waals surface area (Å²) in [5.74, 6) is -0.925. The summed E-state index contributed by atoms with van der Waals surface area (Å²) in [6.07, 6.45) is 23.0. The van der Waals surface area contributed by atoms with Crippen LogP contribution in [-0.4, -0.2) is 5.97 Å². The number of carboxylic acids is 1. The molecule has 0 spiro atoms. The number of hydrogen-bond donors (Lipinski definition) is 0. The summed E-state index contributed by atoms with van der Waals surface area (Å²) in [7, 11) is 0. The summed E-state index contributed by atoms with van der Waals surface area (Å²) in [4.78, 5) is 10.2. The van der Waals surface area contributed by atoms with E-state index in [-0.39, 0.29) is 36.0 Å². The first-order valence-electron chi connectivity index (χ1n) is 7.92. The minimum atomic E-state index is -0.925. The second-order valence-electron chi connectivity index (χ2n) is 4.97. The van der Waals surface area contributed by atoms with Crippen LogP contribution in [0.2, 0.25) is 0 Å². The fourth-order valence-electron chi connectivity index (χ4n) is 1.89. The minimum absolute atomic E-state index is 0. The molecule has 3 heteroatoms. The summed E-state index contributed by atoms with van der Waals surface area (Å²) in [6, 6.07) is 0. The van der Waals surface area contributed by atoms with Gasteiger partial charge in [-0.2, -0.15) is 0 Å². The van der Waals surface area contributed by atoms with Crippen LogP contribution in [0.5, 0.6) is 0 Å². The van der Waals surface area contributed by atoms with Gasteiger partial charge < -0.3 is 9.90 Å². The van der Waals surface area contributed by atoms with E-state index >= 15 is 0 Å². The Hall–Kier alpha value is -0.310. The van der Waals surface area contributed by atoms with Gasteiger partial charge in [-0.05, 0) is 44.9 Å². The molecule has 0 saturated heterocycles. The third kappa shape index (κ3) is 22.1. The molecule has 0 aromatic carbocycles. The van der Waals surface area contributed by atoms with Crippen LogP contribution in [0, 0.1) is 0 Å². The second-order valence-corrected chi connectivity index (χ2v) is 4.97. The molecule has 0 aromatic rings. The Bertz CT molecular complexity index is 306. The molecule has 0 rings (SSSR count). The van der Waals surface area contributed by atoms with Gasteiger partial charge in [-0.1, -0.05) is 62.6 Å². The molecule has 0 atom stereocenters. The van der Waals surface area contributed by atoms with E-state index in [2.05, 4.69) is 43.4 Å². The van der Waals surface area contributed by atoms with Gasteiger partial charge >= 0.3 is 29.6 Å². The van der Waals surface area contributed by atoms with Gasteiger partial charge in [0.15, 0.2) is 0 Å². The summed E-state index contributed by atoms with van der Waals surface area (Å²) < 4.78 is 0. The van der Waals surface area contributed by atoms with Crippen molar-refractivity contribution in [2.75, 3.05) is 0 Å². The third-order valence-electron chi connectivity index (χ3n) is 3.03. The summed E-state index contributed by atoms with van der Waals surface area (Å²) in [5.41, 5.74) is 0. The molecule has 2 nitrogen and oxygen atoms in total. The summed E-state index contributed by atoms with van der Waals surface area (Å²) >= 11 is 0. The maximum atomic E-state index is 10.2. The Kier molecular flexibility index (Phi) is 21.5. The quantitative estimate of drug-likeness (QED) is 0.292. The van der Waals surface area contributed by atoms with Crippen molar-refractivity contribution in [1.29, 1.82) is 0 Å². The zero-order chi connectivity index (χ0) is 14.9. The largest absolute Gasteiger partial charge is 1.00 e. The van der Waals surface area contributed by atoms with Gasteiger partial charge in [0.05, 0.1) is 0 Å². The number of carbonyl (C=O) groups excluding carboxylic acids is 1. The van der Waals surface area contributed by atoms with Gasteiger partial charge in [0.2, 0.25) is 0 Å². The normalized spacial score (nSPS) is 11.5. The molecule has 0 aliphatic carbocycles. The van der Waals surface area contributed by atoms with E-state index in [9.17, 15) is 9.90 Å². The van der Waals surface area contributed by atoms with Crippen LogP contribution in [0.15, 0.2) is 36.5 Å². The van der Waals surface area contributed by atoms with E-state index in [1.165, 1.54) is 12.8 Å². The Balaban J connectivity index is 0. The molecule has 0 heterocycles. The smallest absolute Gasteiger partial charge is 0.550 e. The average molecular weight is 300 g/mol. The van der Waals surface area contributed by atoms with Crippen molar-refractivity contribution in [1.82, 2.24) is 0 Å². The number of unbranched alkanes of at least 4 members (excludes halogenated alkanes) is 5. The average Bonchev–Trinajstić information content (AvgIpc) is 2.43. The summed E-state index contributed by atoms with van der Waals surface area (Å²) in [5, 5.41) is 10.2. The van der Waals surface area contributed by atoms with Crippen LogP contribution in [0.1, 0.15) is 71.1 Å². The first-order chi connectivity index (χ1) is 9.77. The SMILES string of the molecule is CCC=CCC=CCC=CCCCCCCCC(=O)[O-].[Na+]. The number of carbonyl (C=O) groups is 1. The molecule has 0 saturated carbocycles. The minimum Gasteiger partial charge on any atom is -0.550 e. The standard InChI is InChI=1S/C18H30O2.Na/c1-2-3-4-5-6-7-8-9-10-11-12-13-14-15-16-17-18(19)20;/h3-4,6-7,9-10H,2,5,8,11-17H2,1H3,(H,19,20);/q;+1/p-1. The Labute approximate surface area is 152 Å². The predicted octanol–water partition coefficient (Wildman–Crippen LogP) is 1.33. The van der Waals surface area contributed by atoms with E-state index in [1.54, 1.807) is 0 Å². The molecule has 114 valence electrons. The first-order valence-corrected chi connectivity index (χ1v) is 7.92. The molecule has 0 fully saturated rings. The molecule has 0 unspecified atom stereocenters. The molecule has 0 aliphatic rings. The predicted molar refractivity (Wildman–Crippen MR) is 84.3 cm³/mol. The molecular formula is C18H29NaO2.